The van der Waals surface area contributed by atoms with E-state index < -0.39 is 10.9 Å². The van der Waals surface area contributed by atoms with Gasteiger partial charge in [0, 0.05) is 29.1 Å². The predicted molar refractivity (Wildman–Crippen MR) is 95.9 cm³/mol. The third-order valence-electron chi connectivity index (χ3n) is 4.10. The number of rotatable bonds is 3. The minimum absolute atomic E-state index is 0.378. The first-order valence-corrected chi connectivity index (χ1v) is 7.86. The van der Waals surface area contributed by atoms with Gasteiger partial charge in [0.25, 0.3) is 0 Å². The summed E-state index contributed by atoms with van der Waals surface area (Å²) in [5.41, 5.74) is 8.84. The molecule has 3 N–H and O–H groups in total. The average Bonchev–Trinajstić information content (AvgIpc) is 2.56. The highest BCUT2D eigenvalue weighted by Crippen LogP contribution is 2.40. The summed E-state index contributed by atoms with van der Waals surface area (Å²) in [6.45, 7) is 2.28. The van der Waals surface area contributed by atoms with Gasteiger partial charge in [-0.25, -0.2) is 0 Å². The van der Waals surface area contributed by atoms with Gasteiger partial charge in [-0.3, -0.25) is 10.1 Å². The van der Waals surface area contributed by atoms with Crippen LogP contribution in [0.5, 0.6) is 0 Å². The van der Waals surface area contributed by atoms with Gasteiger partial charge in [0.15, 0.2) is 4.99 Å². The lowest BCUT2D eigenvalue weighted by Crippen LogP contribution is -2.57. The molecule has 1 amide bonds. The van der Waals surface area contributed by atoms with Crippen LogP contribution in [0.1, 0.15) is 12.5 Å². The molecule has 118 valence electrons. The summed E-state index contributed by atoms with van der Waals surface area (Å²) in [6, 6.07) is 19.8. The van der Waals surface area contributed by atoms with Crippen LogP contribution in [0.15, 0.2) is 71.9 Å². The average molecular weight is 325 g/mol. The van der Waals surface area contributed by atoms with Crippen molar-refractivity contribution in [3.8, 4) is 0 Å². The molecule has 1 aliphatic heterocycles. The number of hydrogen-bond acceptors (Lipinski definition) is 4. The van der Waals surface area contributed by atoms with Crippen LogP contribution in [0.3, 0.4) is 0 Å². The molecule has 0 aromatic heterocycles. The summed E-state index contributed by atoms with van der Waals surface area (Å²) >= 11 is 4.94. The van der Waals surface area contributed by atoms with Gasteiger partial charge in [0.1, 0.15) is 0 Å². The lowest BCUT2D eigenvalue weighted by molar-refractivity contribution is -0.114. The quantitative estimate of drug-likeness (QED) is 0.760. The van der Waals surface area contributed by atoms with Crippen LogP contribution in [0.4, 0.5) is 5.69 Å². The van der Waals surface area contributed by atoms with Crippen molar-refractivity contribution in [2.75, 3.05) is 11.4 Å². The summed E-state index contributed by atoms with van der Waals surface area (Å²) < 4.78 is 0. The molecule has 0 saturated heterocycles. The van der Waals surface area contributed by atoms with Crippen LogP contribution in [0.2, 0.25) is 0 Å². The summed E-state index contributed by atoms with van der Waals surface area (Å²) in [5, 5.41) is 3.35. The molecule has 0 fully saturated rings. The van der Waals surface area contributed by atoms with E-state index in [-0.39, 0.29) is 0 Å². The molecule has 1 aliphatic rings. The molecule has 23 heavy (non-hydrogen) atoms. The Hall–Kier alpha value is -2.24. The number of primary amides is 1. The number of benzene rings is 2. The maximum absolute atomic E-state index is 11.8. The lowest BCUT2D eigenvalue weighted by atomic mass is 10.0. The van der Waals surface area contributed by atoms with Gasteiger partial charge in [-0.1, -0.05) is 48.5 Å². The number of hydrogen-bond donors (Lipinski definition) is 3. The Balaban J connectivity index is 2.19. The first-order valence-electron chi connectivity index (χ1n) is 7.42. The van der Waals surface area contributed by atoms with Gasteiger partial charge < -0.3 is 10.6 Å². The number of carbonyl (C=O) groups is 1. The van der Waals surface area contributed by atoms with Crippen molar-refractivity contribution in [2.45, 2.75) is 11.9 Å². The second-order valence-corrected chi connectivity index (χ2v) is 6.14. The van der Waals surface area contributed by atoms with Crippen molar-refractivity contribution in [2.24, 2.45) is 5.73 Å². The number of amides is 1. The van der Waals surface area contributed by atoms with Crippen molar-refractivity contribution in [1.29, 1.82) is 0 Å². The van der Waals surface area contributed by atoms with Gasteiger partial charge in [0.05, 0.1) is 0 Å². The molecule has 0 bridgehead atoms. The molecule has 2 aromatic carbocycles. The summed E-state index contributed by atoms with van der Waals surface area (Å²) in [4.78, 5) is 13.0. The van der Waals surface area contributed by atoms with Crippen LogP contribution in [0, 0.1) is 0 Å². The predicted octanol–water partition coefficient (Wildman–Crippen LogP) is 2.60. The fourth-order valence-electron chi connectivity index (χ4n) is 2.92. The van der Waals surface area contributed by atoms with E-state index in [0.29, 0.717) is 12.1 Å². The standard InChI is InChI=1S/C18H19N3OS/c1-13-16(17(19)22)12-20-18(23,14-8-4-2-5-9-14)21(13)15-10-6-3-7-11-15/h2-11,20,23H,12H2,1H3,(H2,19,22). The second kappa shape index (κ2) is 6.10. The Bertz CT molecular complexity index is 745. The van der Waals surface area contributed by atoms with Gasteiger partial charge >= 0.3 is 0 Å². The molecule has 0 aliphatic carbocycles. The smallest absolute Gasteiger partial charge is 0.247 e. The normalized spacial score (nSPS) is 21.4. The number of anilines is 1. The monoisotopic (exact) mass is 325 g/mol. The molecular weight excluding hydrogens is 306 g/mol. The topological polar surface area (TPSA) is 58.4 Å². The van der Waals surface area contributed by atoms with E-state index >= 15 is 0 Å². The Kier molecular flexibility index (Phi) is 4.15. The molecule has 2 aromatic rings. The van der Waals surface area contributed by atoms with Crippen molar-refractivity contribution in [1.82, 2.24) is 5.32 Å². The van der Waals surface area contributed by atoms with Crippen molar-refractivity contribution >= 4 is 24.2 Å². The zero-order valence-corrected chi connectivity index (χ0v) is 13.8. The van der Waals surface area contributed by atoms with E-state index in [0.717, 1.165) is 16.9 Å². The van der Waals surface area contributed by atoms with E-state index in [1.165, 1.54) is 0 Å². The molecule has 3 rings (SSSR count). The minimum Gasteiger partial charge on any atom is -0.366 e. The second-order valence-electron chi connectivity index (χ2n) is 5.49. The van der Waals surface area contributed by atoms with Crippen molar-refractivity contribution in [3.05, 3.63) is 77.5 Å². The number of carbonyl (C=O) groups excluding carboxylic acids is 1. The maximum Gasteiger partial charge on any atom is 0.247 e. The number of thiol groups is 1. The number of para-hydroxylation sites is 1. The zero-order chi connectivity index (χ0) is 16.4. The Morgan fingerprint density at radius 3 is 2.26 bits per heavy atom. The SMILES string of the molecule is CC1=C(C(N)=O)CNC(S)(c2ccccc2)N1c1ccccc1. The molecule has 0 spiro atoms. The zero-order valence-electron chi connectivity index (χ0n) is 12.9. The van der Waals surface area contributed by atoms with Crippen LogP contribution in [-0.2, 0) is 9.79 Å². The van der Waals surface area contributed by atoms with Gasteiger partial charge in [-0.05, 0) is 19.1 Å². The highest BCUT2D eigenvalue weighted by atomic mass is 32.1. The first-order chi connectivity index (χ1) is 11.0. The van der Waals surface area contributed by atoms with E-state index in [4.69, 9.17) is 18.4 Å². The van der Waals surface area contributed by atoms with Crippen molar-refractivity contribution in [3.63, 3.8) is 0 Å². The molecule has 4 nitrogen and oxygen atoms in total. The van der Waals surface area contributed by atoms with Gasteiger partial charge in [-0.2, -0.15) is 0 Å². The molecule has 0 saturated carbocycles. The molecular formula is C18H19N3OS. The number of nitrogens with two attached hydrogens (primary N) is 1. The Morgan fingerprint density at radius 1 is 1.13 bits per heavy atom. The molecule has 1 unspecified atom stereocenters. The third-order valence-corrected chi connectivity index (χ3v) is 4.71. The lowest BCUT2D eigenvalue weighted by Gasteiger charge is -2.47. The van der Waals surface area contributed by atoms with Gasteiger partial charge in [0.2, 0.25) is 5.91 Å². The summed E-state index contributed by atoms with van der Waals surface area (Å²) in [7, 11) is 0. The maximum atomic E-state index is 11.8. The molecule has 5 heteroatoms. The van der Waals surface area contributed by atoms with E-state index in [1.54, 1.807) is 0 Å². The Morgan fingerprint density at radius 2 is 1.70 bits per heavy atom. The molecule has 1 atom stereocenters. The van der Waals surface area contributed by atoms with Crippen LogP contribution in [0.25, 0.3) is 0 Å². The number of nitrogens with one attached hydrogen (secondary N) is 1. The van der Waals surface area contributed by atoms with Crippen LogP contribution in [-0.4, -0.2) is 12.5 Å². The molecule has 1 heterocycles. The fourth-order valence-corrected chi connectivity index (χ4v) is 3.41. The summed E-state index contributed by atoms with van der Waals surface area (Å²) in [5.74, 6) is -0.417. The first kappa shape index (κ1) is 15.6. The third kappa shape index (κ3) is 2.73. The minimum atomic E-state index is -0.758. The van der Waals surface area contributed by atoms with E-state index in [9.17, 15) is 4.79 Å². The van der Waals surface area contributed by atoms with E-state index in [2.05, 4.69) is 5.32 Å². The van der Waals surface area contributed by atoms with Gasteiger partial charge in [-0.15, -0.1) is 12.6 Å². The summed E-state index contributed by atoms with van der Waals surface area (Å²) in [6.07, 6.45) is 0. The highest BCUT2D eigenvalue weighted by molar-refractivity contribution is 7.81. The number of allylic oxidation sites excluding steroid dienone is 1. The number of nitrogens with zero attached hydrogens (tertiary/aromatic N) is 1. The van der Waals surface area contributed by atoms with E-state index in [1.807, 2.05) is 72.5 Å². The van der Waals surface area contributed by atoms with Crippen LogP contribution < -0.4 is 16.0 Å². The fraction of sp³-hybridized carbons (Fsp3) is 0.167. The van der Waals surface area contributed by atoms with Crippen LogP contribution >= 0.6 is 12.6 Å². The molecule has 0 radical (unpaired) electrons. The largest absolute Gasteiger partial charge is 0.366 e. The Labute approximate surface area is 141 Å². The highest BCUT2D eigenvalue weighted by Gasteiger charge is 2.40. The van der Waals surface area contributed by atoms with Crippen molar-refractivity contribution < 1.29 is 4.79 Å².